The van der Waals surface area contributed by atoms with Crippen molar-refractivity contribution in [1.29, 1.82) is 0 Å². The standard InChI is InChI=1S/C15H21N7O2/c23-14(4-7-21-10-16-18-19-21)20-5-1-6-22-12(9-20)8-13(17-22)15(24)11-2-3-11/h8,10-11,15,24H,1-7,9H2. The molecule has 1 fully saturated rings. The minimum absolute atomic E-state index is 0.0874. The summed E-state index contributed by atoms with van der Waals surface area (Å²) in [5.41, 5.74) is 1.74. The number of hydrogen-bond acceptors (Lipinski definition) is 6. The SMILES string of the molecule is O=C(CCn1cnnn1)N1CCCn2nc(C(O)C3CC3)cc2C1. The number of aromatic nitrogens is 6. The first-order chi connectivity index (χ1) is 11.7. The van der Waals surface area contributed by atoms with Crippen molar-refractivity contribution in [2.45, 2.75) is 51.4 Å². The fraction of sp³-hybridized carbons (Fsp3) is 0.667. The smallest absolute Gasteiger partial charge is 0.224 e. The average Bonchev–Trinajstić information content (AvgIpc) is 3.23. The number of hydrogen-bond donors (Lipinski definition) is 1. The van der Waals surface area contributed by atoms with Crippen molar-refractivity contribution in [3.8, 4) is 0 Å². The fourth-order valence-electron chi connectivity index (χ4n) is 3.15. The molecule has 24 heavy (non-hydrogen) atoms. The van der Waals surface area contributed by atoms with E-state index in [1.807, 2.05) is 15.6 Å². The fourth-order valence-corrected chi connectivity index (χ4v) is 3.15. The maximum atomic E-state index is 12.5. The lowest BCUT2D eigenvalue weighted by atomic mass is 10.1. The monoisotopic (exact) mass is 331 g/mol. The second kappa shape index (κ2) is 6.31. The highest BCUT2D eigenvalue weighted by molar-refractivity contribution is 5.76. The summed E-state index contributed by atoms with van der Waals surface area (Å²) >= 11 is 0. The van der Waals surface area contributed by atoms with Crippen molar-refractivity contribution in [1.82, 2.24) is 34.9 Å². The van der Waals surface area contributed by atoms with Gasteiger partial charge in [-0.1, -0.05) is 0 Å². The molecule has 0 aromatic carbocycles. The van der Waals surface area contributed by atoms with E-state index in [1.165, 1.54) is 6.33 Å². The molecule has 2 aromatic heterocycles. The minimum Gasteiger partial charge on any atom is -0.386 e. The molecule has 2 aliphatic rings. The van der Waals surface area contributed by atoms with Crippen molar-refractivity contribution >= 4 is 5.91 Å². The van der Waals surface area contributed by atoms with E-state index in [0.717, 1.165) is 43.7 Å². The molecule has 9 nitrogen and oxygen atoms in total. The first kappa shape index (κ1) is 15.3. The van der Waals surface area contributed by atoms with Gasteiger partial charge in [-0.2, -0.15) is 5.10 Å². The number of fused-ring (bicyclic) bond motifs is 1. The molecule has 2 aromatic rings. The summed E-state index contributed by atoms with van der Waals surface area (Å²) < 4.78 is 3.50. The Labute approximate surface area is 139 Å². The van der Waals surface area contributed by atoms with Gasteiger partial charge < -0.3 is 10.0 Å². The van der Waals surface area contributed by atoms with Crippen molar-refractivity contribution in [3.63, 3.8) is 0 Å². The number of nitrogens with zero attached hydrogens (tertiary/aromatic N) is 7. The third kappa shape index (κ3) is 3.16. The summed E-state index contributed by atoms with van der Waals surface area (Å²) in [6.45, 7) is 2.52. The normalized spacial score (nSPS) is 19.0. The number of carbonyl (C=O) groups excluding carboxylic acids is 1. The third-order valence-corrected chi connectivity index (χ3v) is 4.70. The maximum absolute atomic E-state index is 12.5. The van der Waals surface area contributed by atoms with Gasteiger partial charge in [0.1, 0.15) is 12.4 Å². The molecule has 9 heteroatoms. The van der Waals surface area contributed by atoms with E-state index < -0.39 is 6.10 Å². The van der Waals surface area contributed by atoms with Crippen LogP contribution in [0.4, 0.5) is 0 Å². The van der Waals surface area contributed by atoms with Crippen LogP contribution in [0.15, 0.2) is 12.4 Å². The van der Waals surface area contributed by atoms with Crippen molar-refractivity contribution in [2.75, 3.05) is 6.54 Å². The van der Waals surface area contributed by atoms with Crippen molar-refractivity contribution in [2.24, 2.45) is 5.92 Å². The highest BCUT2D eigenvalue weighted by Crippen LogP contribution is 2.40. The van der Waals surface area contributed by atoms with E-state index >= 15 is 0 Å². The topological polar surface area (TPSA) is 102 Å². The van der Waals surface area contributed by atoms with Gasteiger partial charge in [0.25, 0.3) is 0 Å². The molecule has 1 saturated carbocycles. The van der Waals surface area contributed by atoms with Gasteiger partial charge in [0.05, 0.1) is 24.5 Å². The third-order valence-electron chi connectivity index (χ3n) is 4.70. The minimum atomic E-state index is -0.464. The molecule has 3 heterocycles. The van der Waals surface area contributed by atoms with E-state index in [0.29, 0.717) is 25.4 Å². The second-order valence-corrected chi connectivity index (χ2v) is 6.56. The number of amides is 1. The number of aliphatic hydroxyl groups is 1. The van der Waals surface area contributed by atoms with Gasteiger partial charge in [-0.05, 0) is 41.7 Å². The van der Waals surface area contributed by atoms with Crippen LogP contribution >= 0.6 is 0 Å². The van der Waals surface area contributed by atoms with Crippen LogP contribution in [-0.4, -0.2) is 52.4 Å². The molecular weight excluding hydrogens is 310 g/mol. The van der Waals surface area contributed by atoms with Crippen LogP contribution in [0.5, 0.6) is 0 Å². The Hall–Kier alpha value is -2.29. The molecule has 1 amide bonds. The van der Waals surface area contributed by atoms with Crippen LogP contribution < -0.4 is 0 Å². The summed E-state index contributed by atoms with van der Waals surface area (Å²) in [4.78, 5) is 14.3. The summed E-state index contributed by atoms with van der Waals surface area (Å²) in [5, 5.41) is 25.7. The summed E-state index contributed by atoms with van der Waals surface area (Å²) in [7, 11) is 0. The van der Waals surface area contributed by atoms with Gasteiger partial charge >= 0.3 is 0 Å². The van der Waals surface area contributed by atoms with Crippen LogP contribution in [-0.2, 0) is 24.4 Å². The molecule has 1 N–H and O–H groups in total. The van der Waals surface area contributed by atoms with Gasteiger partial charge in [-0.25, -0.2) is 4.68 Å². The molecule has 0 spiro atoms. The van der Waals surface area contributed by atoms with Crippen molar-refractivity contribution < 1.29 is 9.90 Å². The lowest BCUT2D eigenvalue weighted by Gasteiger charge is -2.19. The Balaban J connectivity index is 1.42. The van der Waals surface area contributed by atoms with Crippen LogP contribution in [0.25, 0.3) is 0 Å². The predicted octanol–water partition coefficient (Wildman–Crippen LogP) is 0.136. The van der Waals surface area contributed by atoms with E-state index in [1.54, 1.807) is 4.68 Å². The van der Waals surface area contributed by atoms with E-state index in [4.69, 9.17) is 0 Å². The molecule has 1 aliphatic heterocycles. The van der Waals surface area contributed by atoms with E-state index in [9.17, 15) is 9.90 Å². The zero-order valence-corrected chi connectivity index (χ0v) is 13.5. The van der Waals surface area contributed by atoms with E-state index in [-0.39, 0.29) is 5.91 Å². The first-order valence-corrected chi connectivity index (χ1v) is 8.44. The Morgan fingerprint density at radius 1 is 1.38 bits per heavy atom. The zero-order chi connectivity index (χ0) is 16.5. The highest BCUT2D eigenvalue weighted by atomic mass is 16.3. The van der Waals surface area contributed by atoms with Gasteiger partial charge in [0.15, 0.2) is 0 Å². The summed E-state index contributed by atoms with van der Waals surface area (Å²) in [6.07, 6.45) is 4.43. The molecule has 0 radical (unpaired) electrons. The largest absolute Gasteiger partial charge is 0.386 e. The predicted molar refractivity (Wildman–Crippen MR) is 82.4 cm³/mol. The molecule has 4 rings (SSSR count). The van der Waals surface area contributed by atoms with E-state index in [2.05, 4.69) is 20.6 Å². The van der Waals surface area contributed by atoms with Crippen LogP contribution in [0, 0.1) is 5.92 Å². The Kier molecular flexibility index (Phi) is 4.01. The maximum Gasteiger partial charge on any atom is 0.224 e. The number of aryl methyl sites for hydroxylation is 2. The number of carbonyl (C=O) groups is 1. The second-order valence-electron chi connectivity index (χ2n) is 6.56. The van der Waals surface area contributed by atoms with Gasteiger partial charge in [0.2, 0.25) is 5.91 Å². The van der Waals surface area contributed by atoms with Gasteiger partial charge in [0, 0.05) is 19.5 Å². The quantitative estimate of drug-likeness (QED) is 0.836. The van der Waals surface area contributed by atoms with Gasteiger partial charge in [-0.3, -0.25) is 9.48 Å². The highest BCUT2D eigenvalue weighted by Gasteiger charge is 2.33. The van der Waals surface area contributed by atoms with Crippen LogP contribution in [0.2, 0.25) is 0 Å². The van der Waals surface area contributed by atoms with Crippen LogP contribution in [0.1, 0.15) is 43.2 Å². The van der Waals surface area contributed by atoms with Crippen LogP contribution in [0.3, 0.4) is 0 Å². The molecule has 1 aliphatic carbocycles. The molecule has 0 bridgehead atoms. The Morgan fingerprint density at radius 2 is 2.25 bits per heavy atom. The Bertz CT molecular complexity index is 707. The summed E-state index contributed by atoms with van der Waals surface area (Å²) in [5.74, 6) is 0.447. The molecular formula is C15H21N7O2. The molecule has 0 saturated heterocycles. The lowest BCUT2D eigenvalue weighted by molar-refractivity contribution is -0.132. The molecule has 1 atom stereocenters. The van der Waals surface area contributed by atoms with Gasteiger partial charge in [-0.15, -0.1) is 5.10 Å². The lowest BCUT2D eigenvalue weighted by Crippen LogP contribution is -2.31. The number of aliphatic hydroxyl groups excluding tert-OH is 1. The molecule has 128 valence electrons. The number of rotatable bonds is 5. The Morgan fingerprint density at radius 3 is 3.00 bits per heavy atom. The summed E-state index contributed by atoms with van der Waals surface area (Å²) in [6, 6.07) is 1.95. The van der Waals surface area contributed by atoms with Crippen molar-refractivity contribution in [3.05, 3.63) is 23.8 Å². The molecule has 1 unspecified atom stereocenters. The average molecular weight is 331 g/mol. The number of tetrazole rings is 1. The zero-order valence-electron chi connectivity index (χ0n) is 13.5. The first-order valence-electron chi connectivity index (χ1n) is 8.44.